The zero-order valence-corrected chi connectivity index (χ0v) is 16.3. The van der Waals surface area contributed by atoms with Crippen LogP contribution in [0.3, 0.4) is 0 Å². The standard InChI is InChI=1S/C22H29NO3/c1-6-20(26-19-12-11-15(2)17(4)13-19)22(24)23-18(5)14-25-21-10-8-7-9-16(21)3/h7-13,18,20H,6,14H2,1-5H3,(H,23,24)/t18-,20-/m1/s1. The van der Waals surface area contributed by atoms with Gasteiger partial charge >= 0.3 is 0 Å². The first-order valence-electron chi connectivity index (χ1n) is 9.13. The highest BCUT2D eigenvalue weighted by Gasteiger charge is 2.20. The number of carbonyl (C=O) groups is 1. The number of aryl methyl sites for hydroxylation is 3. The van der Waals surface area contributed by atoms with E-state index in [1.54, 1.807) is 0 Å². The predicted molar refractivity (Wildman–Crippen MR) is 105 cm³/mol. The van der Waals surface area contributed by atoms with E-state index in [-0.39, 0.29) is 11.9 Å². The fraction of sp³-hybridized carbons (Fsp3) is 0.409. The van der Waals surface area contributed by atoms with E-state index in [9.17, 15) is 4.79 Å². The summed E-state index contributed by atoms with van der Waals surface area (Å²) in [4.78, 5) is 12.5. The van der Waals surface area contributed by atoms with Crippen LogP contribution in [-0.2, 0) is 4.79 Å². The molecule has 1 N–H and O–H groups in total. The van der Waals surface area contributed by atoms with Gasteiger partial charge in [-0.1, -0.05) is 31.2 Å². The van der Waals surface area contributed by atoms with Gasteiger partial charge in [0.25, 0.3) is 5.91 Å². The van der Waals surface area contributed by atoms with Crippen LogP contribution in [-0.4, -0.2) is 24.7 Å². The molecule has 0 radical (unpaired) electrons. The van der Waals surface area contributed by atoms with Gasteiger partial charge in [-0.3, -0.25) is 4.79 Å². The monoisotopic (exact) mass is 355 g/mol. The molecule has 140 valence electrons. The lowest BCUT2D eigenvalue weighted by Crippen LogP contribution is -2.44. The maximum atomic E-state index is 12.5. The summed E-state index contributed by atoms with van der Waals surface area (Å²) in [5.74, 6) is 1.44. The summed E-state index contributed by atoms with van der Waals surface area (Å²) >= 11 is 0. The average molecular weight is 355 g/mol. The normalized spacial score (nSPS) is 13.0. The van der Waals surface area contributed by atoms with Gasteiger partial charge in [0.15, 0.2) is 6.10 Å². The lowest BCUT2D eigenvalue weighted by molar-refractivity contribution is -0.128. The van der Waals surface area contributed by atoms with Crippen LogP contribution in [0.15, 0.2) is 42.5 Å². The summed E-state index contributed by atoms with van der Waals surface area (Å²) in [5, 5.41) is 2.98. The molecule has 1 amide bonds. The van der Waals surface area contributed by atoms with Crippen molar-refractivity contribution in [2.75, 3.05) is 6.61 Å². The summed E-state index contributed by atoms with van der Waals surface area (Å²) in [6.07, 6.45) is 0.0856. The van der Waals surface area contributed by atoms with Gasteiger partial charge in [0.05, 0.1) is 6.04 Å². The van der Waals surface area contributed by atoms with Crippen LogP contribution < -0.4 is 14.8 Å². The van der Waals surface area contributed by atoms with Gasteiger partial charge in [-0.25, -0.2) is 0 Å². The quantitative estimate of drug-likeness (QED) is 0.766. The number of hydrogen-bond donors (Lipinski definition) is 1. The van der Waals surface area contributed by atoms with Crippen LogP contribution in [0, 0.1) is 20.8 Å². The summed E-state index contributed by atoms with van der Waals surface area (Å²) < 4.78 is 11.7. The molecule has 4 nitrogen and oxygen atoms in total. The first-order chi connectivity index (χ1) is 12.4. The molecule has 4 heteroatoms. The minimum atomic E-state index is -0.516. The zero-order valence-electron chi connectivity index (χ0n) is 16.3. The Balaban J connectivity index is 1.89. The van der Waals surface area contributed by atoms with Crippen LogP contribution in [0.5, 0.6) is 11.5 Å². The van der Waals surface area contributed by atoms with Crippen molar-refractivity contribution in [3.8, 4) is 11.5 Å². The summed E-state index contributed by atoms with van der Waals surface area (Å²) in [6, 6.07) is 13.6. The number of hydrogen-bond acceptors (Lipinski definition) is 3. The Morgan fingerprint density at radius 1 is 1.04 bits per heavy atom. The highest BCUT2D eigenvalue weighted by Crippen LogP contribution is 2.19. The molecule has 2 rings (SSSR count). The molecule has 2 aromatic rings. The van der Waals surface area contributed by atoms with E-state index in [1.165, 1.54) is 5.56 Å². The van der Waals surface area contributed by atoms with Crippen molar-refractivity contribution in [2.45, 2.75) is 53.2 Å². The van der Waals surface area contributed by atoms with E-state index < -0.39 is 6.10 Å². The van der Waals surface area contributed by atoms with Crippen molar-refractivity contribution in [2.24, 2.45) is 0 Å². The number of ether oxygens (including phenoxy) is 2. The second-order valence-electron chi connectivity index (χ2n) is 6.75. The third kappa shape index (κ3) is 5.51. The zero-order chi connectivity index (χ0) is 19.1. The third-order valence-corrected chi connectivity index (χ3v) is 4.39. The topological polar surface area (TPSA) is 47.6 Å². The maximum Gasteiger partial charge on any atom is 0.261 e. The smallest absolute Gasteiger partial charge is 0.261 e. The molecule has 26 heavy (non-hydrogen) atoms. The van der Waals surface area contributed by atoms with Crippen LogP contribution in [0.4, 0.5) is 0 Å². The Bertz CT molecular complexity index is 742. The maximum absolute atomic E-state index is 12.5. The molecular formula is C22H29NO3. The molecule has 0 saturated carbocycles. The number of rotatable bonds is 8. The lowest BCUT2D eigenvalue weighted by atomic mass is 10.1. The van der Waals surface area contributed by atoms with Gasteiger partial charge in [-0.2, -0.15) is 0 Å². The number of carbonyl (C=O) groups excluding carboxylic acids is 1. The molecule has 0 unspecified atom stereocenters. The number of nitrogens with one attached hydrogen (secondary N) is 1. The molecule has 0 aliphatic carbocycles. The summed E-state index contributed by atoms with van der Waals surface area (Å²) in [5.41, 5.74) is 3.44. The van der Waals surface area contributed by atoms with Crippen LogP contribution in [0.2, 0.25) is 0 Å². The summed E-state index contributed by atoms with van der Waals surface area (Å²) in [7, 11) is 0. The van der Waals surface area contributed by atoms with Gasteiger partial charge in [0.1, 0.15) is 18.1 Å². The van der Waals surface area contributed by atoms with Crippen molar-refractivity contribution in [1.82, 2.24) is 5.32 Å². The Labute approximate surface area is 156 Å². The minimum absolute atomic E-state index is 0.112. The van der Waals surface area contributed by atoms with E-state index in [2.05, 4.69) is 12.2 Å². The first kappa shape index (κ1) is 19.8. The molecule has 0 aliphatic rings. The Morgan fingerprint density at radius 2 is 1.77 bits per heavy atom. The van der Waals surface area contributed by atoms with E-state index in [0.29, 0.717) is 13.0 Å². The predicted octanol–water partition coefficient (Wildman–Crippen LogP) is 4.35. The Hall–Kier alpha value is -2.49. The molecule has 0 saturated heterocycles. The molecule has 0 aliphatic heterocycles. The molecule has 0 fully saturated rings. The van der Waals surface area contributed by atoms with Crippen molar-refractivity contribution >= 4 is 5.91 Å². The fourth-order valence-electron chi connectivity index (χ4n) is 2.58. The molecule has 2 aromatic carbocycles. The molecular weight excluding hydrogens is 326 g/mol. The molecule has 0 spiro atoms. The van der Waals surface area contributed by atoms with Crippen LogP contribution in [0.25, 0.3) is 0 Å². The average Bonchev–Trinajstić information content (AvgIpc) is 2.61. The third-order valence-electron chi connectivity index (χ3n) is 4.39. The minimum Gasteiger partial charge on any atom is -0.491 e. The van der Waals surface area contributed by atoms with Gasteiger partial charge in [0, 0.05) is 0 Å². The number of amides is 1. The first-order valence-corrected chi connectivity index (χ1v) is 9.13. The SMILES string of the molecule is CC[C@@H](Oc1ccc(C)c(C)c1)C(=O)N[C@H](C)COc1ccccc1C. The van der Waals surface area contributed by atoms with Gasteiger partial charge < -0.3 is 14.8 Å². The van der Waals surface area contributed by atoms with Crippen molar-refractivity contribution < 1.29 is 14.3 Å². The molecule has 0 aromatic heterocycles. The van der Waals surface area contributed by atoms with E-state index in [1.807, 2.05) is 70.2 Å². The lowest BCUT2D eigenvalue weighted by Gasteiger charge is -2.21. The van der Waals surface area contributed by atoms with Crippen molar-refractivity contribution in [1.29, 1.82) is 0 Å². The van der Waals surface area contributed by atoms with Gasteiger partial charge in [-0.15, -0.1) is 0 Å². The Morgan fingerprint density at radius 3 is 2.42 bits per heavy atom. The van der Waals surface area contributed by atoms with E-state index >= 15 is 0 Å². The van der Waals surface area contributed by atoms with Crippen LogP contribution >= 0.6 is 0 Å². The van der Waals surface area contributed by atoms with Gasteiger partial charge in [-0.05, 0) is 69.0 Å². The highest BCUT2D eigenvalue weighted by atomic mass is 16.5. The number of para-hydroxylation sites is 1. The molecule has 0 heterocycles. The van der Waals surface area contributed by atoms with E-state index in [0.717, 1.165) is 22.6 Å². The van der Waals surface area contributed by atoms with Gasteiger partial charge in [0.2, 0.25) is 0 Å². The second-order valence-corrected chi connectivity index (χ2v) is 6.75. The Kier molecular flexibility index (Phi) is 7.07. The van der Waals surface area contributed by atoms with E-state index in [4.69, 9.17) is 9.47 Å². The molecule has 2 atom stereocenters. The number of benzene rings is 2. The summed E-state index contributed by atoms with van der Waals surface area (Å²) in [6.45, 7) is 10.4. The van der Waals surface area contributed by atoms with Crippen molar-refractivity contribution in [3.63, 3.8) is 0 Å². The van der Waals surface area contributed by atoms with Crippen LogP contribution in [0.1, 0.15) is 37.0 Å². The fourth-order valence-corrected chi connectivity index (χ4v) is 2.58. The van der Waals surface area contributed by atoms with Crippen molar-refractivity contribution in [3.05, 3.63) is 59.2 Å². The largest absolute Gasteiger partial charge is 0.491 e. The highest BCUT2D eigenvalue weighted by molar-refractivity contribution is 5.81. The second kappa shape index (κ2) is 9.27. The molecule has 0 bridgehead atoms.